The summed E-state index contributed by atoms with van der Waals surface area (Å²) in [6.07, 6.45) is 2.70. The van der Waals surface area contributed by atoms with Gasteiger partial charge < -0.3 is 5.11 Å². The van der Waals surface area contributed by atoms with Crippen molar-refractivity contribution in [3.63, 3.8) is 0 Å². The fraction of sp³-hybridized carbons (Fsp3) is 0.154. The van der Waals surface area contributed by atoms with Crippen LogP contribution in [0, 0.1) is 5.82 Å². The van der Waals surface area contributed by atoms with Crippen LogP contribution in [0.1, 0.15) is 21.9 Å². The van der Waals surface area contributed by atoms with Crippen molar-refractivity contribution in [3.05, 3.63) is 59.4 Å². The monoisotopic (exact) mass is 246 g/mol. The minimum atomic E-state index is -1.14. The number of aromatic carboxylic acids is 1. The normalized spacial score (nSPS) is 10.3. The maximum Gasteiger partial charge on any atom is 0.373 e. The molecule has 5 heteroatoms. The van der Waals surface area contributed by atoms with Crippen molar-refractivity contribution in [3.8, 4) is 0 Å². The smallest absolute Gasteiger partial charge is 0.373 e. The maximum absolute atomic E-state index is 12.7. The highest BCUT2D eigenvalue weighted by Gasteiger charge is 2.06. The van der Waals surface area contributed by atoms with Crippen LogP contribution >= 0.6 is 0 Å². The molecule has 92 valence electrons. The highest BCUT2D eigenvalue weighted by atomic mass is 19.1. The Kier molecular flexibility index (Phi) is 3.62. The van der Waals surface area contributed by atoms with E-state index in [0.717, 1.165) is 5.56 Å². The average molecular weight is 246 g/mol. The predicted octanol–water partition coefficient (Wildman–Crippen LogP) is 2.10. The first-order valence-corrected chi connectivity index (χ1v) is 5.45. The molecule has 1 heterocycles. The molecule has 0 fully saturated rings. The number of rotatable bonds is 4. The molecule has 0 radical (unpaired) electrons. The molecule has 0 amide bonds. The van der Waals surface area contributed by atoms with Crippen LogP contribution in [0.2, 0.25) is 0 Å². The largest absolute Gasteiger partial charge is 0.475 e. The summed E-state index contributed by atoms with van der Waals surface area (Å²) >= 11 is 0. The summed E-state index contributed by atoms with van der Waals surface area (Å²) < 4.78 is 12.7. The van der Waals surface area contributed by atoms with Crippen molar-refractivity contribution >= 4 is 5.97 Å². The van der Waals surface area contributed by atoms with Gasteiger partial charge in [0.2, 0.25) is 5.82 Å². The van der Waals surface area contributed by atoms with Crippen molar-refractivity contribution in [1.29, 1.82) is 0 Å². The Morgan fingerprint density at radius 3 is 2.56 bits per heavy atom. The molecule has 2 rings (SSSR count). The van der Waals surface area contributed by atoms with Gasteiger partial charge in [-0.25, -0.2) is 19.2 Å². The Bertz CT molecular complexity index is 555. The van der Waals surface area contributed by atoms with Crippen molar-refractivity contribution < 1.29 is 14.3 Å². The van der Waals surface area contributed by atoms with Gasteiger partial charge in [0.05, 0.1) is 0 Å². The molecular weight excluding hydrogens is 235 g/mol. The van der Waals surface area contributed by atoms with E-state index in [4.69, 9.17) is 5.11 Å². The molecule has 0 unspecified atom stereocenters. The molecule has 0 bridgehead atoms. The molecule has 0 saturated heterocycles. The highest BCUT2D eigenvalue weighted by Crippen LogP contribution is 2.07. The molecule has 2 aromatic rings. The highest BCUT2D eigenvalue weighted by molar-refractivity contribution is 5.82. The van der Waals surface area contributed by atoms with Gasteiger partial charge in [-0.2, -0.15) is 0 Å². The van der Waals surface area contributed by atoms with E-state index < -0.39 is 5.97 Å². The Hall–Kier alpha value is -2.30. The summed E-state index contributed by atoms with van der Waals surface area (Å²) in [7, 11) is 0. The number of benzene rings is 1. The van der Waals surface area contributed by atoms with Crippen LogP contribution in [0.5, 0.6) is 0 Å². The number of carboxylic acids is 1. The second-order valence-electron chi connectivity index (χ2n) is 3.80. The Labute approximate surface area is 103 Å². The molecule has 0 aliphatic heterocycles. The van der Waals surface area contributed by atoms with E-state index in [-0.39, 0.29) is 11.6 Å². The summed E-state index contributed by atoms with van der Waals surface area (Å²) in [5, 5.41) is 8.76. The van der Waals surface area contributed by atoms with Crippen LogP contribution in [-0.2, 0) is 12.8 Å². The van der Waals surface area contributed by atoms with E-state index in [9.17, 15) is 9.18 Å². The van der Waals surface area contributed by atoms with Crippen LogP contribution in [0.3, 0.4) is 0 Å². The van der Waals surface area contributed by atoms with Gasteiger partial charge in [0.1, 0.15) is 5.82 Å². The summed E-state index contributed by atoms with van der Waals surface area (Å²) in [5.74, 6) is -1.61. The SMILES string of the molecule is O=C(O)c1nccc(CCc2ccc(F)cc2)n1. The van der Waals surface area contributed by atoms with E-state index in [2.05, 4.69) is 9.97 Å². The fourth-order valence-electron chi connectivity index (χ4n) is 1.56. The van der Waals surface area contributed by atoms with Crippen molar-refractivity contribution in [2.75, 3.05) is 0 Å². The zero-order chi connectivity index (χ0) is 13.0. The van der Waals surface area contributed by atoms with Crippen LogP contribution in [-0.4, -0.2) is 21.0 Å². The van der Waals surface area contributed by atoms with Gasteiger partial charge in [-0.05, 0) is 36.6 Å². The molecule has 1 aromatic carbocycles. The summed E-state index contributed by atoms with van der Waals surface area (Å²) in [6, 6.07) is 7.88. The molecule has 18 heavy (non-hydrogen) atoms. The predicted molar refractivity (Wildman–Crippen MR) is 62.8 cm³/mol. The summed E-state index contributed by atoms with van der Waals surface area (Å²) in [5.41, 5.74) is 1.64. The van der Waals surface area contributed by atoms with Gasteiger partial charge in [-0.3, -0.25) is 0 Å². The van der Waals surface area contributed by atoms with E-state index >= 15 is 0 Å². The van der Waals surface area contributed by atoms with Crippen LogP contribution < -0.4 is 0 Å². The minimum Gasteiger partial charge on any atom is -0.475 e. The van der Waals surface area contributed by atoms with E-state index in [1.807, 2.05) is 0 Å². The molecular formula is C13H11FN2O2. The van der Waals surface area contributed by atoms with Crippen molar-refractivity contribution in [2.24, 2.45) is 0 Å². The Balaban J connectivity index is 2.04. The standard InChI is InChI=1S/C13H11FN2O2/c14-10-4-1-9(2-5-10)3-6-11-7-8-15-12(16-11)13(17)18/h1-2,4-5,7-8H,3,6H2,(H,17,18). The number of hydrogen-bond donors (Lipinski definition) is 1. The lowest BCUT2D eigenvalue weighted by Crippen LogP contribution is -2.06. The zero-order valence-corrected chi connectivity index (χ0v) is 9.51. The Morgan fingerprint density at radius 2 is 1.89 bits per heavy atom. The van der Waals surface area contributed by atoms with Crippen molar-refractivity contribution in [2.45, 2.75) is 12.8 Å². The minimum absolute atomic E-state index is 0.202. The number of carboxylic acid groups (broad SMARTS) is 1. The average Bonchev–Trinajstić information content (AvgIpc) is 2.38. The maximum atomic E-state index is 12.7. The third-order valence-electron chi connectivity index (χ3n) is 2.49. The van der Waals surface area contributed by atoms with Gasteiger partial charge in [0.15, 0.2) is 0 Å². The number of halogens is 1. The third-order valence-corrected chi connectivity index (χ3v) is 2.49. The lowest BCUT2D eigenvalue weighted by Gasteiger charge is -2.02. The number of aryl methyl sites for hydroxylation is 2. The van der Waals surface area contributed by atoms with Gasteiger partial charge >= 0.3 is 5.97 Å². The first-order chi connectivity index (χ1) is 8.65. The first kappa shape index (κ1) is 12.2. The van der Waals surface area contributed by atoms with Crippen molar-refractivity contribution in [1.82, 2.24) is 9.97 Å². The number of hydrogen-bond acceptors (Lipinski definition) is 3. The second-order valence-corrected chi connectivity index (χ2v) is 3.80. The molecule has 0 aliphatic carbocycles. The summed E-state index contributed by atoms with van der Waals surface area (Å²) in [4.78, 5) is 18.3. The third kappa shape index (κ3) is 3.10. The number of carbonyl (C=O) groups is 1. The lowest BCUT2D eigenvalue weighted by atomic mass is 10.1. The molecule has 0 spiro atoms. The lowest BCUT2D eigenvalue weighted by molar-refractivity contribution is 0.0683. The van der Waals surface area contributed by atoms with Crippen LogP contribution in [0.25, 0.3) is 0 Å². The van der Waals surface area contributed by atoms with E-state index in [0.29, 0.717) is 18.5 Å². The fourth-order valence-corrected chi connectivity index (χ4v) is 1.56. The number of aromatic nitrogens is 2. The molecule has 0 saturated carbocycles. The summed E-state index contributed by atoms with van der Waals surface area (Å²) in [6.45, 7) is 0. The zero-order valence-electron chi connectivity index (χ0n) is 9.51. The van der Waals surface area contributed by atoms with Gasteiger partial charge in [-0.15, -0.1) is 0 Å². The van der Waals surface area contributed by atoms with E-state index in [1.54, 1.807) is 18.2 Å². The first-order valence-electron chi connectivity index (χ1n) is 5.45. The number of nitrogens with zero attached hydrogens (tertiary/aromatic N) is 2. The second kappa shape index (κ2) is 5.35. The molecule has 0 atom stereocenters. The van der Waals surface area contributed by atoms with Crippen LogP contribution in [0.15, 0.2) is 36.5 Å². The van der Waals surface area contributed by atoms with Gasteiger partial charge in [-0.1, -0.05) is 12.1 Å². The van der Waals surface area contributed by atoms with Crippen LogP contribution in [0.4, 0.5) is 4.39 Å². The van der Waals surface area contributed by atoms with Gasteiger partial charge in [0, 0.05) is 11.9 Å². The van der Waals surface area contributed by atoms with E-state index in [1.165, 1.54) is 18.3 Å². The molecule has 4 nitrogen and oxygen atoms in total. The molecule has 1 aromatic heterocycles. The van der Waals surface area contributed by atoms with Gasteiger partial charge in [0.25, 0.3) is 0 Å². The quantitative estimate of drug-likeness (QED) is 0.897. The Morgan fingerprint density at radius 1 is 1.17 bits per heavy atom. The topological polar surface area (TPSA) is 63.1 Å². The molecule has 1 N–H and O–H groups in total. The molecule has 0 aliphatic rings.